The van der Waals surface area contributed by atoms with Crippen LogP contribution < -0.4 is 0 Å². The van der Waals surface area contributed by atoms with E-state index in [1.807, 2.05) is 13.8 Å². The molecule has 1 aliphatic heterocycles. The summed E-state index contributed by atoms with van der Waals surface area (Å²) in [7, 11) is 0. The normalized spacial score (nSPS) is 57.4. The molecule has 4 aliphatic carbocycles. The summed E-state index contributed by atoms with van der Waals surface area (Å²) in [6.07, 6.45) is 4.62. The summed E-state index contributed by atoms with van der Waals surface area (Å²) < 4.78 is 12.9. The van der Waals surface area contributed by atoms with Gasteiger partial charge in [0, 0.05) is 11.8 Å². The molecule has 0 radical (unpaired) electrons. The quantitative estimate of drug-likeness (QED) is 0.437. The molecule has 0 aromatic carbocycles. The number of carbonyl (C=O) groups is 1. The van der Waals surface area contributed by atoms with Gasteiger partial charge in [0.15, 0.2) is 5.79 Å². The molecule has 5 rings (SSSR count). The van der Waals surface area contributed by atoms with Crippen molar-refractivity contribution in [3.8, 4) is 0 Å². The lowest BCUT2D eigenvalue weighted by Gasteiger charge is -2.65. The molecule has 1 heterocycles. The second-order valence-corrected chi connectivity index (χ2v) is 12.2. The van der Waals surface area contributed by atoms with Crippen molar-refractivity contribution in [3.05, 3.63) is 12.2 Å². The first kappa shape index (κ1) is 19.7. The number of hydrogen-bond acceptors (Lipinski definition) is 4. The molecule has 5 aliphatic rings. The van der Waals surface area contributed by atoms with Gasteiger partial charge in [-0.05, 0) is 69.1 Å². The van der Waals surface area contributed by atoms with Crippen molar-refractivity contribution in [1.29, 1.82) is 0 Å². The van der Waals surface area contributed by atoms with Gasteiger partial charge in [0.1, 0.15) is 17.5 Å². The Hall–Kier alpha value is -0.230. The molecule has 4 nitrogen and oxygen atoms in total. The molecule has 0 aromatic rings. The zero-order chi connectivity index (χ0) is 20.3. The molecule has 1 N–H and O–H groups in total. The molecule has 1 saturated heterocycles. The van der Waals surface area contributed by atoms with Crippen LogP contribution in [0.15, 0.2) is 12.2 Å². The van der Waals surface area contributed by atoms with Crippen LogP contribution in [-0.4, -0.2) is 39.3 Å². The van der Waals surface area contributed by atoms with Gasteiger partial charge in [0.25, 0.3) is 0 Å². The van der Waals surface area contributed by atoms with Gasteiger partial charge in [0.05, 0.1) is 10.9 Å². The second kappa shape index (κ2) is 5.72. The third-order valence-corrected chi connectivity index (χ3v) is 10.3. The van der Waals surface area contributed by atoms with Gasteiger partial charge in [-0.1, -0.05) is 41.9 Å². The van der Waals surface area contributed by atoms with E-state index in [2.05, 4.69) is 36.4 Å². The zero-order valence-corrected chi connectivity index (χ0v) is 19.0. The van der Waals surface area contributed by atoms with Crippen molar-refractivity contribution < 1.29 is 19.4 Å². The molecule has 0 bridgehead atoms. The van der Waals surface area contributed by atoms with Gasteiger partial charge in [-0.3, -0.25) is 4.79 Å². The Balaban J connectivity index is 1.65. The highest BCUT2D eigenvalue weighted by atomic mass is 79.9. The lowest BCUT2D eigenvalue weighted by atomic mass is 9.42. The maximum Gasteiger partial charge on any atom is 0.163 e. The molecule has 28 heavy (non-hydrogen) atoms. The van der Waals surface area contributed by atoms with Crippen LogP contribution in [0.25, 0.3) is 0 Å². The Bertz CT molecular complexity index is 749. The first-order chi connectivity index (χ1) is 12.9. The Morgan fingerprint density at radius 1 is 1.14 bits per heavy atom. The summed E-state index contributed by atoms with van der Waals surface area (Å²) in [4.78, 5) is 12.5. The van der Waals surface area contributed by atoms with Crippen LogP contribution in [0, 0.1) is 28.6 Å². The van der Waals surface area contributed by atoms with Crippen LogP contribution in [0.3, 0.4) is 0 Å². The van der Waals surface area contributed by atoms with E-state index >= 15 is 0 Å². The van der Waals surface area contributed by atoms with E-state index in [9.17, 15) is 9.90 Å². The maximum atomic E-state index is 12.7. The fraction of sp³-hybridized carbons (Fsp3) is 0.870. The van der Waals surface area contributed by atoms with E-state index in [0.29, 0.717) is 24.2 Å². The zero-order valence-electron chi connectivity index (χ0n) is 17.5. The van der Waals surface area contributed by atoms with E-state index in [1.165, 1.54) is 5.57 Å². The lowest BCUT2D eigenvalue weighted by molar-refractivity contribution is -0.256. The van der Waals surface area contributed by atoms with Gasteiger partial charge < -0.3 is 14.6 Å². The van der Waals surface area contributed by atoms with Crippen molar-refractivity contribution >= 4 is 21.7 Å². The summed E-state index contributed by atoms with van der Waals surface area (Å²) in [5.41, 5.74) is 0.00737. The van der Waals surface area contributed by atoms with E-state index in [-0.39, 0.29) is 34.0 Å². The van der Waals surface area contributed by atoms with Crippen molar-refractivity contribution in [3.63, 3.8) is 0 Å². The highest BCUT2D eigenvalue weighted by molar-refractivity contribution is 9.10. The minimum Gasteiger partial charge on any atom is -0.386 e. The molecule has 9 atom stereocenters. The molecule has 5 fully saturated rings. The average molecular weight is 453 g/mol. The third kappa shape index (κ3) is 2.25. The summed E-state index contributed by atoms with van der Waals surface area (Å²) >= 11 is 3.62. The largest absolute Gasteiger partial charge is 0.386 e. The minimum absolute atomic E-state index is 0.0837. The summed E-state index contributed by atoms with van der Waals surface area (Å²) in [5.74, 6) is 0.520. The van der Waals surface area contributed by atoms with E-state index in [4.69, 9.17) is 9.47 Å². The number of rotatable bonds is 0. The van der Waals surface area contributed by atoms with Crippen LogP contribution in [-0.2, 0) is 14.3 Å². The van der Waals surface area contributed by atoms with Crippen LogP contribution in [0.4, 0.5) is 0 Å². The van der Waals surface area contributed by atoms with Crippen molar-refractivity contribution in [2.45, 2.75) is 94.6 Å². The van der Waals surface area contributed by atoms with Gasteiger partial charge in [0.2, 0.25) is 0 Å². The standard InChI is InChI=1S/C23H33BrO4/c1-12-6-7-13-17-14(8-9-21(12,13)4)22(5)10-15(24)16(25)11-23(22,26)19-18(17)27-20(2,3)28-19/h13-15,17-19,26H,1,6-11H2,2-5H3/t13-,14-,15?,17?,18?,19-,21?,22+,23-/m0/s1. The Morgan fingerprint density at radius 2 is 1.86 bits per heavy atom. The van der Waals surface area contributed by atoms with Crippen LogP contribution >= 0.6 is 15.9 Å². The first-order valence-corrected chi connectivity index (χ1v) is 11.8. The Morgan fingerprint density at radius 3 is 2.57 bits per heavy atom. The number of hydrogen-bond donors (Lipinski definition) is 1. The summed E-state index contributed by atoms with van der Waals surface area (Å²) in [6.45, 7) is 12.9. The Labute approximate surface area is 176 Å². The molecular weight excluding hydrogens is 420 g/mol. The highest BCUT2D eigenvalue weighted by Gasteiger charge is 2.74. The number of halogens is 1. The minimum atomic E-state index is -1.17. The van der Waals surface area contributed by atoms with Gasteiger partial charge in [-0.25, -0.2) is 0 Å². The molecular formula is C23H33BrO4. The highest BCUT2D eigenvalue weighted by Crippen LogP contribution is 2.70. The topological polar surface area (TPSA) is 55.8 Å². The number of fused-ring (bicyclic) bond motifs is 8. The fourth-order valence-corrected chi connectivity index (χ4v) is 8.72. The Kier molecular flexibility index (Phi) is 4.02. The molecule has 156 valence electrons. The first-order valence-electron chi connectivity index (χ1n) is 10.9. The monoisotopic (exact) mass is 452 g/mol. The number of ketones is 1. The van der Waals surface area contributed by atoms with E-state index < -0.39 is 17.5 Å². The van der Waals surface area contributed by atoms with Crippen molar-refractivity contribution in [2.24, 2.45) is 28.6 Å². The van der Waals surface area contributed by atoms with Crippen molar-refractivity contribution in [1.82, 2.24) is 0 Å². The summed E-state index contributed by atoms with van der Waals surface area (Å²) in [5, 5.41) is 12.1. The van der Waals surface area contributed by atoms with Crippen LogP contribution in [0.2, 0.25) is 0 Å². The number of allylic oxidation sites excluding steroid dienone is 1. The lowest BCUT2D eigenvalue weighted by Crippen LogP contribution is -2.73. The third-order valence-electron chi connectivity index (χ3n) is 9.47. The molecule has 4 saturated carbocycles. The summed E-state index contributed by atoms with van der Waals surface area (Å²) in [6, 6.07) is 0. The van der Waals surface area contributed by atoms with Gasteiger partial charge in [-0.2, -0.15) is 0 Å². The molecule has 5 heteroatoms. The number of carbonyl (C=O) groups excluding carboxylic acids is 1. The molecule has 4 unspecified atom stereocenters. The molecule has 0 amide bonds. The predicted molar refractivity (Wildman–Crippen MR) is 110 cm³/mol. The molecule has 0 spiro atoms. The van der Waals surface area contributed by atoms with Gasteiger partial charge >= 0.3 is 0 Å². The second-order valence-electron chi connectivity index (χ2n) is 11.1. The SMILES string of the molecule is C=C1CC[C@H]2C3C4OC(C)(C)O[C@@H]4[C@@]4(O)CC(=O)C(Br)C[C@]4(C)[C@H]3CCC12C. The number of ether oxygens (including phenoxy) is 2. The average Bonchev–Trinajstić information content (AvgIpc) is 3.08. The maximum absolute atomic E-state index is 12.7. The number of aliphatic hydroxyl groups is 1. The number of Topliss-reactive ketones (excluding diaryl/α,β-unsaturated/α-hetero) is 1. The van der Waals surface area contributed by atoms with E-state index in [1.54, 1.807) is 0 Å². The van der Waals surface area contributed by atoms with Gasteiger partial charge in [-0.15, -0.1) is 0 Å². The number of alkyl halides is 1. The van der Waals surface area contributed by atoms with E-state index in [0.717, 1.165) is 25.7 Å². The van der Waals surface area contributed by atoms with Crippen molar-refractivity contribution in [2.75, 3.05) is 0 Å². The predicted octanol–water partition coefficient (Wildman–Crippen LogP) is 4.38. The fourth-order valence-electron chi connectivity index (χ4n) is 7.88. The molecule has 0 aromatic heterocycles. The van der Waals surface area contributed by atoms with Crippen LogP contribution in [0.5, 0.6) is 0 Å². The van der Waals surface area contributed by atoms with Crippen LogP contribution in [0.1, 0.15) is 66.2 Å². The smallest absolute Gasteiger partial charge is 0.163 e.